The number of hydrogen-bond donors (Lipinski definition) is 0. The van der Waals surface area contributed by atoms with Gasteiger partial charge in [0.2, 0.25) is 17.7 Å². The molecule has 0 N–H and O–H groups in total. The fraction of sp³-hybridized carbons (Fsp3) is 0.611. The summed E-state index contributed by atoms with van der Waals surface area (Å²) in [7, 11) is 1.70. The maximum atomic E-state index is 12.4. The predicted molar refractivity (Wildman–Crippen MR) is 86.7 cm³/mol. The normalized spacial score (nSPS) is 23.5. The van der Waals surface area contributed by atoms with E-state index in [0.29, 0.717) is 6.54 Å². The van der Waals surface area contributed by atoms with Crippen molar-refractivity contribution >= 4 is 17.7 Å². The third-order valence-corrected chi connectivity index (χ3v) is 5.10. The van der Waals surface area contributed by atoms with Crippen LogP contribution in [0.5, 0.6) is 0 Å². The summed E-state index contributed by atoms with van der Waals surface area (Å²) in [5, 5.41) is 0. The van der Waals surface area contributed by atoms with Crippen molar-refractivity contribution in [3.63, 3.8) is 0 Å². The molecule has 0 radical (unpaired) electrons. The van der Waals surface area contributed by atoms with Crippen LogP contribution < -0.4 is 0 Å². The van der Waals surface area contributed by atoms with E-state index in [4.69, 9.17) is 4.42 Å². The molecule has 1 aliphatic carbocycles. The van der Waals surface area contributed by atoms with E-state index >= 15 is 0 Å². The third kappa shape index (κ3) is 3.23. The highest BCUT2D eigenvalue weighted by Crippen LogP contribution is 2.37. The molecule has 0 bridgehead atoms. The van der Waals surface area contributed by atoms with Crippen molar-refractivity contribution in [3.05, 3.63) is 23.7 Å². The minimum Gasteiger partial charge on any atom is -0.464 e. The van der Waals surface area contributed by atoms with E-state index in [1.54, 1.807) is 11.9 Å². The lowest BCUT2D eigenvalue weighted by Crippen LogP contribution is -2.36. The molecule has 1 saturated heterocycles. The zero-order valence-corrected chi connectivity index (χ0v) is 14.3. The molecular formula is C18H24N2O4. The molecule has 2 heterocycles. The van der Waals surface area contributed by atoms with Crippen LogP contribution in [0, 0.1) is 18.8 Å². The molecule has 0 spiro atoms. The summed E-state index contributed by atoms with van der Waals surface area (Å²) in [6.45, 7) is 2.43. The summed E-state index contributed by atoms with van der Waals surface area (Å²) >= 11 is 0. The summed E-state index contributed by atoms with van der Waals surface area (Å²) in [6.07, 6.45) is 3.79. The van der Waals surface area contributed by atoms with Gasteiger partial charge in [0.25, 0.3) is 0 Å². The molecule has 2 unspecified atom stereocenters. The molecule has 6 nitrogen and oxygen atoms in total. The Morgan fingerprint density at radius 2 is 1.83 bits per heavy atom. The van der Waals surface area contributed by atoms with Gasteiger partial charge in [-0.05, 0) is 31.9 Å². The van der Waals surface area contributed by atoms with Crippen molar-refractivity contribution in [3.8, 4) is 0 Å². The van der Waals surface area contributed by atoms with Gasteiger partial charge in [0, 0.05) is 20.0 Å². The Balaban J connectivity index is 1.54. The Labute approximate surface area is 141 Å². The first-order valence-electron chi connectivity index (χ1n) is 8.62. The van der Waals surface area contributed by atoms with E-state index in [9.17, 15) is 14.4 Å². The van der Waals surface area contributed by atoms with Crippen LogP contribution in [0.2, 0.25) is 0 Å². The summed E-state index contributed by atoms with van der Waals surface area (Å²) in [5.41, 5.74) is 0. The Bertz CT molecular complexity index is 627. The van der Waals surface area contributed by atoms with Gasteiger partial charge in [-0.15, -0.1) is 0 Å². The Kier molecular flexibility index (Phi) is 4.73. The largest absolute Gasteiger partial charge is 0.464 e. The van der Waals surface area contributed by atoms with Crippen LogP contribution in [0.15, 0.2) is 16.5 Å². The van der Waals surface area contributed by atoms with Crippen LogP contribution in [-0.2, 0) is 20.9 Å². The van der Waals surface area contributed by atoms with Gasteiger partial charge in [0.1, 0.15) is 11.5 Å². The molecule has 2 atom stereocenters. The van der Waals surface area contributed by atoms with Gasteiger partial charge in [-0.25, -0.2) is 0 Å². The number of carbonyl (C=O) groups is 3. The number of hydrogen-bond acceptors (Lipinski definition) is 4. The minimum absolute atomic E-state index is 0.0817. The average molecular weight is 332 g/mol. The van der Waals surface area contributed by atoms with Crippen LogP contribution in [-0.4, -0.2) is 41.1 Å². The molecule has 2 aliphatic rings. The topological polar surface area (TPSA) is 70.8 Å². The molecule has 3 amide bonds. The lowest BCUT2D eigenvalue weighted by Gasteiger charge is -2.19. The van der Waals surface area contributed by atoms with Crippen LogP contribution >= 0.6 is 0 Å². The zero-order chi connectivity index (χ0) is 17.3. The molecule has 1 aliphatic heterocycles. The van der Waals surface area contributed by atoms with Crippen LogP contribution in [0.3, 0.4) is 0 Å². The molecule has 24 heavy (non-hydrogen) atoms. The number of furan rings is 1. The molecule has 3 rings (SSSR count). The first-order valence-corrected chi connectivity index (χ1v) is 8.62. The number of carbonyl (C=O) groups excluding carboxylic acids is 3. The molecule has 1 aromatic rings. The molecule has 1 saturated carbocycles. The van der Waals surface area contributed by atoms with Crippen molar-refractivity contribution in [1.29, 1.82) is 0 Å². The van der Waals surface area contributed by atoms with E-state index in [1.807, 2.05) is 19.1 Å². The van der Waals surface area contributed by atoms with Crippen molar-refractivity contribution in [2.24, 2.45) is 11.8 Å². The third-order valence-electron chi connectivity index (χ3n) is 5.10. The quantitative estimate of drug-likeness (QED) is 0.774. The number of amides is 3. The Morgan fingerprint density at radius 1 is 1.21 bits per heavy atom. The first-order chi connectivity index (χ1) is 11.5. The van der Waals surface area contributed by atoms with Gasteiger partial charge in [-0.3, -0.25) is 19.3 Å². The summed E-state index contributed by atoms with van der Waals surface area (Å²) in [5.74, 6) is 0.975. The Hall–Kier alpha value is -2.11. The summed E-state index contributed by atoms with van der Waals surface area (Å²) < 4.78 is 5.47. The van der Waals surface area contributed by atoms with Crippen LogP contribution in [0.1, 0.15) is 43.6 Å². The lowest BCUT2D eigenvalue weighted by atomic mass is 9.81. The lowest BCUT2D eigenvalue weighted by molar-refractivity contribution is -0.140. The van der Waals surface area contributed by atoms with Crippen LogP contribution in [0.25, 0.3) is 0 Å². The predicted octanol–water partition coefficient (Wildman–Crippen LogP) is 2.11. The van der Waals surface area contributed by atoms with E-state index in [0.717, 1.165) is 37.2 Å². The molecule has 0 aromatic carbocycles. The van der Waals surface area contributed by atoms with Gasteiger partial charge in [-0.1, -0.05) is 12.8 Å². The number of imide groups is 1. The minimum atomic E-state index is -0.148. The first kappa shape index (κ1) is 16.7. The van der Waals surface area contributed by atoms with Crippen molar-refractivity contribution in [1.82, 2.24) is 9.80 Å². The summed E-state index contributed by atoms with van der Waals surface area (Å²) in [4.78, 5) is 39.9. The monoisotopic (exact) mass is 332 g/mol. The van der Waals surface area contributed by atoms with E-state index in [2.05, 4.69) is 0 Å². The van der Waals surface area contributed by atoms with E-state index < -0.39 is 0 Å². The number of fused-ring (bicyclic) bond motifs is 1. The molecule has 6 heteroatoms. The molecule has 130 valence electrons. The van der Waals surface area contributed by atoms with Crippen molar-refractivity contribution in [2.45, 2.75) is 45.6 Å². The van der Waals surface area contributed by atoms with Gasteiger partial charge in [0.05, 0.1) is 18.4 Å². The number of rotatable bonds is 5. The average Bonchev–Trinajstić information content (AvgIpc) is 3.08. The smallest absolute Gasteiger partial charge is 0.233 e. The maximum Gasteiger partial charge on any atom is 0.233 e. The second-order valence-electron chi connectivity index (χ2n) is 6.84. The highest BCUT2D eigenvalue weighted by molar-refractivity contribution is 6.05. The second-order valence-corrected chi connectivity index (χ2v) is 6.84. The maximum absolute atomic E-state index is 12.4. The standard InChI is InChI=1S/C18H24N2O4/c1-12-7-8-13(24-12)11-19(2)16(21)9-10-20-17(22)14-5-3-4-6-15(14)18(20)23/h7-8,14-15H,3-6,9-11H2,1-2H3. The van der Waals surface area contributed by atoms with Gasteiger partial charge in [0.15, 0.2) is 0 Å². The number of aryl methyl sites for hydroxylation is 1. The number of nitrogens with zero attached hydrogens (tertiary/aromatic N) is 2. The van der Waals surface area contributed by atoms with E-state index in [1.165, 1.54) is 4.90 Å². The molecule has 1 aromatic heterocycles. The second kappa shape index (κ2) is 6.79. The fourth-order valence-corrected chi connectivity index (χ4v) is 3.74. The highest BCUT2D eigenvalue weighted by Gasteiger charge is 2.47. The molecule has 2 fully saturated rings. The van der Waals surface area contributed by atoms with Crippen molar-refractivity contribution in [2.75, 3.05) is 13.6 Å². The zero-order valence-electron chi connectivity index (χ0n) is 14.3. The van der Waals surface area contributed by atoms with Crippen molar-refractivity contribution < 1.29 is 18.8 Å². The highest BCUT2D eigenvalue weighted by atomic mass is 16.3. The van der Waals surface area contributed by atoms with Gasteiger partial charge < -0.3 is 9.32 Å². The Morgan fingerprint density at radius 3 is 2.38 bits per heavy atom. The van der Waals surface area contributed by atoms with Gasteiger partial charge >= 0.3 is 0 Å². The van der Waals surface area contributed by atoms with Gasteiger partial charge in [-0.2, -0.15) is 0 Å². The number of likely N-dealkylation sites (tertiary alicyclic amines) is 1. The molecular weight excluding hydrogens is 308 g/mol. The summed E-state index contributed by atoms with van der Waals surface area (Å²) in [6, 6.07) is 3.70. The van der Waals surface area contributed by atoms with E-state index in [-0.39, 0.29) is 42.5 Å². The van der Waals surface area contributed by atoms with Crippen LogP contribution in [0.4, 0.5) is 0 Å². The fourth-order valence-electron chi connectivity index (χ4n) is 3.74. The SMILES string of the molecule is Cc1ccc(CN(C)C(=O)CCN2C(=O)C3CCCCC3C2=O)o1.